The second-order valence-corrected chi connectivity index (χ2v) is 6.97. The molecule has 2 aromatic heterocycles. The molecule has 27 heavy (non-hydrogen) atoms. The number of carbonyl (C=O) groups excluding carboxylic acids is 1. The molecule has 8 heteroatoms. The highest BCUT2D eigenvalue weighted by Gasteiger charge is 2.15. The van der Waals surface area contributed by atoms with Gasteiger partial charge in [0.1, 0.15) is 5.82 Å². The molecule has 7 nitrogen and oxygen atoms in total. The van der Waals surface area contributed by atoms with Crippen LogP contribution in [-0.4, -0.2) is 20.4 Å². The molecule has 4 aromatic rings. The summed E-state index contributed by atoms with van der Waals surface area (Å²) in [6.45, 7) is 0. The molecule has 0 unspecified atom stereocenters. The van der Waals surface area contributed by atoms with Crippen LogP contribution in [0.5, 0.6) is 0 Å². The molecule has 4 rings (SSSR count). The predicted molar refractivity (Wildman–Crippen MR) is 105 cm³/mol. The molecule has 0 atom stereocenters. The smallest absolute Gasteiger partial charge is 0.324 e. The molecule has 134 valence electrons. The lowest BCUT2D eigenvalue weighted by Crippen LogP contribution is -2.09. The van der Waals surface area contributed by atoms with Crippen LogP contribution in [0.1, 0.15) is 9.67 Å². The van der Waals surface area contributed by atoms with E-state index in [1.54, 1.807) is 12.1 Å². The predicted octanol–water partition coefficient (Wildman–Crippen LogP) is 4.46. The van der Waals surface area contributed by atoms with Crippen molar-refractivity contribution < 1.29 is 9.72 Å². The van der Waals surface area contributed by atoms with Gasteiger partial charge in [0.15, 0.2) is 0 Å². The van der Waals surface area contributed by atoms with Gasteiger partial charge in [-0.15, -0.1) is 0 Å². The Morgan fingerprint density at radius 2 is 1.85 bits per heavy atom. The summed E-state index contributed by atoms with van der Waals surface area (Å²) in [7, 11) is 1.96. The molecule has 2 heterocycles. The van der Waals surface area contributed by atoms with Crippen molar-refractivity contribution in [1.82, 2.24) is 9.55 Å². The number of nitrogens with one attached hydrogen (secondary N) is 1. The van der Waals surface area contributed by atoms with Crippen LogP contribution in [0, 0.1) is 10.1 Å². The minimum atomic E-state index is -0.507. The van der Waals surface area contributed by atoms with Crippen LogP contribution in [0.4, 0.5) is 10.7 Å². The second kappa shape index (κ2) is 6.65. The molecular formula is C19H14N4O3S. The molecule has 0 fully saturated rings. The van der Waals surface area contributed by atoms with Gasteiger partial charge in [-0.25, -0.2) is 4.98 Å². The maximum absolute atomic E-state index is 12.2. The van der Waals surface area contributed by atoms with E-state index in [0.29, 0.717) is 10.6 Å². The van der Waals surface area contributed by atoms with Crippen LogP contribution in [0.2, 0.25) is 0 Å². The third kappa shape index (κ3) is 3.18. The van der Waals surface area contributed by atoms with Crippen LogP contribution in [-0.2, 0) is 7.05 Å². The normalized spacial score (nSPS) is 10.9. The zero-order valence-electron chi connectivity index (χ0n) is 14.2. The van der Waals surface area contributed by atoms with Gasteiger partial charge in [0.25, 0.3) is 5.91 Å². The highest BCUT2D eigenvalue weighted by Crippen LogP contribution is 2.27. The molecule has 2 aromatic carbocycles. The second-order valence-electron chi connectivity index (χ2n) is 5.91. The third-order valence-corrected chi connectivity index (χ3v) is 5.22. The first-order valence-electron chi connectivity index (χ1n) is 8.10. The number of rotatable bonds is 4. The Morgan fingerprint density at radius 1 is 1.11 bits per heavy atom. The third-order valence-electron chi connectivity index (χ3n) is 4.18. The SMILES string of the molecule is Cn1c(-c2ccc(NC(=O)c3ccc([N+](=O)[O-])s3)cc2)nc2ccccc21. The molecule has 1 N–H and O–H groups in total. The fraction of sp³-hybridized carbons (Fsp3) is 0.0526. The van der Waals surface area contributed by atoms with E-state index in [1.165, 1.54) is 12.1 Å². The Kier molecular flexibility index (Phi) is 4.17. The van der Waals surface area contributed by atoms with Crippen molar-refractivity contribution >= 4 is 39.0 Å². The largest absolute Gasteiger partial charge is 0.327 e. The van der Waals surface area contributed by atoms with E-state index in [9.17, 15) is 14.9 Å². The molecule has 0 radical (unpaired) electrons. The van der Waals surface area contributed by atoms with Crippen LogP contribution in [0.25, 0.3) is 22.4 Å². The van der Waals surface area contributed by atoms with E-state index >= 15 is 0 Å². The number of nitrogens with zero attached hydrogens (tertiary/aromatic N) is 3. The topological polar surface area (TPSA) is 90.1 Å². The van der Waals surface area contributed by atoms with E-state index in [1.807, 2.05) is 48.0 Å². The van der Waals surface area contributed by atoms with Gasteiger partial charge >= 0.3 is 5.00 Å². The Labute approximate surface area is 158 Å². The summed E-state index contributed by atoms with van der Waals surface area (Å²) < 4.78 is 2.02. The Balaban J connectivity index is 1.55. The number of imidazole rings is 1. The minimum absolute atomic E-state index is 0.0580. The van der Waals surface area contributed by atoms with E-state index in [2.05, 4.69) is 10.3 Å². The Bertz CT molecular complexity index is 1160. The number of fused-ring (bicyclic) bond motifs is 1. The van der Waals surface area contributed by atoms with Gasteiger partial charge in [0, 0.05) is 24.4 Å². The maximum atomic E-state index is 12.2. The molecule has 0 bridgehead atoms. The van der Waals surface area contributed by atoms with Crippen molar-refractivity contribution in [3.05, 3.63) is 75.7 Å². The van der Waals surface area contributed by atoms with Crippen molar-refractivity contribution in [2.24, 2.45) is 7.05 Å². The number of hydrogen-bond donors (Lipinski definition) is 1. The summed E-state index contributed by atoms with van der Waals surface area (Å²) >= 11 is 0.848. The van der Waals surface area contributed by atoms with Gasteiger partial charge in [-0.05, 0) is 42.5 Å². The number of para-hydroxylation sites is 2. The molecule has 0 saturated heterocycles. The molecule has 0 aliphatic carbocycles. The fourth-order valence-corrected chi connectivity index (χ4v) is 3.56. The van der Waals surface area contributed by atoms with Gasteiger partial charge in [0.2, 0.25) is 0 Å². The summed E-state index contributed by atoms with van der Waals surface area (Å²) in [6.07, 6.45) is 0. The van der Waals surface area contributed by atoms with Gasteiger partial charge in [-0.2, -0.15) is 0 Å². The Hall–Kier alpha value is -3.52. The number of carbonyl (C=O) groups is 1. The average Bonchev–Trinajstić information content (AvgIpc) is 3.29. The summed E-state index contributed by atoms with van der Waals surface area (Å²) in [4.78, 5) is 27.4. The van der Waals surface area contributed by atoms with Gasteiger partial charge in [-0.3, -0.25) is 14.9 Å². The van der Waals surface area contributed by atoms with Crippen LogP contribution in [0.15, 0.2) is 60.7 Å². The monoisotopic (exact) mass is 378 g/mol. The lowest BCUT2D eigenvalue weighted by atomic mass is 10.2. The van der Waals surface area contributed by atoms with Crippen LogP contribution in [0.3, 0.4) is 0 Å². The summed E-state index contributed by atoms with van der Waals surface area (Å²) in [5, 5.41) is 13.4. The van der Waals surface area contributed by atoms with E-state index in [4.69, 9.17) is 0 Å². The number of aryl methyl sites for hydroxylation is 1. The Morgan fingerprint density at radius 3 is 2.52 bits per heavy atom. The summed E-state index contributed by atoms with van der Waals surface area (Å²) in [5.41, 5.74) is 3.51. The van der Waals surface area contributed by atoms with Gasteiger partial charge in [0.05, 0.1) is 20.8 Å². The van der Waals surface area contributed by atoms with E-state index in [-0.39, 0.29) is 10.9 Å². The fourth-order valence-electron chi connectivity index (χ4n) is 2.85. The molecule has 0 spiro atoms. The van der Waals surface area contributed by atoms with E-state index in [0.717, 1.165) is 33.8 Å². The number of thiophene rings is 1. The average molecular weight is 378 g/mol. The van der Waals surface area contributed by atoms with E-state index < -0.39 is 4.92 Å². The lowest BCUT2D eigenvalue weighted by molar-refractivity contribution is -0.380. The quantitative estimate of drug-likeness (QED) is 0.419. The number of benzene rings is 2. The highest BCUT2D eigenvalue weighted by atomic mass is 32.1. The zero-order valence-corrected chi connectivity index (χ0v) is 15.1. The lowest BCUT2D eigenvalue weighted by Gasteiger charge is -2.06. The summed E-state index contributed by atoms with van der Waals surface area (Å²) in [5.74, 6) is 0.464. The van der Waals surface area contributed by atoms with Crippen molar-refractivity contribution in [2.45, 2.75) is 0 Å². The number of aromatic nitrogens is 2. The number of nitro groups is 1. The standard InChI is InChI=1S/C19H14N4O3S/c1-22-15-5-3-2-4-14(15)21-18(22)12-6-8-13(9-7-12)20-19(24)16-10-11-17(27-16)23(25)26/h2-11H,1H3,(H,20,24). The highest BCUT2D eigenvalue weighted by molar-refractivity contribution is 7.17. The maximum Gasteiger partial charge on any atom is 0.324 e. The molecule has 0 aliphatic heterocycles. The molecule has 0 saturated carbocycles. The van der Waals surface area contributed by atoms with Crippen molar-refractivity contribution in [3.63, 3.8) is 0 Å². The van der Waals surface area contributed by atoms with Crippen molar-refractivity contribution in [1.29, 1.82) is 0 Å². The molecular weight excluding hydrogens is 364 g/mol. The first-order chi connectivity index (χ1) is 13.0. The number of amides is 1. The molecule has 0 aliphatic rings. The van der Waals surface area contributed by atoms with Gasteiger partial charge < -0.3 is 9.88 Å². The van der Waals surface area contributed by atoms with Crippen LogP contribution < -0.4 is 5.32 Å². The number of anilines is 1. The first kappa shape index (κ1) is 16.9. The zero-order chi connectivity index (χ0) is 19.0. The van der Waals surface area contributed by atoms with Crippen molar-refractivity contribution in [3.8, 4) is 11.4 Å². The molecule has 1 amide bonds. The minimum Gasteiger partial charge on any atom is -0.327 e. The number of hydrogen-bond acceptors (Lipinski definition) is 5. The van der Waals surface area contributed by atoms with Crippen LogP contribution >= 0.6 is 11.3 Å². The van der Waals surface area contributed by atoms with Crippen molar-refractivity contribution in [2.75, 3.05) is 5.32 Å². The summed E-state index contributed by atoms with van der Waals surface area (Å²) in [6, 6.07) is 18.0. The first-order valence-corrected chi connectivity index (χ1v) is 8.92. The van der Waals surface area contributed by atoms with Gasteiger partial charge in [-0.1, -0.05) is 23.5 Å².